The first-order valence-electron chi connectivity index (χ1n) is 3.89. The van der Waals surface area contributed by atoms with Gasteiger partial charge in [0, 0.05) is 24.0 Å². The highest BCUT2D eigenvalue weighted by molar-refractivity contribution is 5.88. The number of halogens is 1. The highest BCUT2D eigenvalue weighted by atomic mass is 19.1. The fourth-order valence-corrected chi connectivity index (χ4v) is 1.21. The minimum atomic E-state index is -0.212. The molecule has 62 valence electrons. The molecule has 1 aromatic carbocycles. The van der Waals surface area contributed by atoms with E-state index in [1.807, 2.05) is 0 Å². The second kappa shape index (κ2) is 2.93. The maximum absolute atomic E-state index is 12.7. The molecule has 0 atom stereocenters. The Morgan fingerprint density at radius 3 is 3.25 bits per heavy atom. The SMILES string of the molecule is Fc1ccc2c(c1)NCCN=C2. The number of nitrogens with zero attached hydrogens (tertiary/aromatic N) is 1. The summed E-state index contributed by atoms with van der Waals surface area (Å²) in [6, 6.07) is 4.66. The Kier molecular flexibility index (Phi) is 1.78. The first-order valence-corrected chi connectivity index (χ1v) is 3.89. The number of hydrogen-bond donors (Lipinski definition) is 1. The summed E-state index contributed by atoms with van der Waals surface area (Å²) in [5.74, 6) is -0.212. The number of benzodiazepines with no additional fused rings is 1. The zero-order chi connectivity index (χ0) is 8.39. The molecule has 0 amide bonds. The van der Waals surface area contributed by atoms with Crippen LogP contribution >= 0.6 is 0 Å². The van der Waals surface area contributed by atoms with E-state index >= 15 is 0 Å². The number of rotatable bonds is 0. The van der Waals surface area contributed by atoms with Gasteiger partial charge < -0.3 is 5.32 Å². The lowest BCUT2D eigenvalue weighted by Crippen LogP contribution is -2.03. The molecular weight excluding hydrogens is 155 g/mol. The molecule has 0 saturated carbocycles. The molecule has 0 aromatic heterocycles. The molecule has 1 aromatic rings. The van der Waals surface area contributed by atoms with Gasteiger partial charge in [0.05, 0.1) is 6.54 Å². The molecule has 1 aliphatic rings. The lowest BCUT2D eigenvalue weighted by Gasteiger charge is -2.04. The van der Waals surface area contributed by atoms with Crippen molar-refractivity contribution in [2.24, 2.45) is 4.99 Å². The van der Waals surface area contributed by atoms with E-state index in [9.17, 15) is 4.39 Å². The first-order chi connectivity index (χ1) is 5.86. The monoisotopic (exact) mass is 164 g/mol. The Morgan fingerprint density at radius 1 is 1.42 bits per heavy atom. The third kappa shape index (κ3) is 1.30. The zero-order valence-corrected chi connectivity index (χ0v) is 6.55. The van der Waals surface area contributed by atoms with Crippen LogP contribution in [0.25, 0.3) is 0 Å². The molecular formula is C9H9FN2. The topological polar surface area (TPSA) is 24.4 Å². The third-order valence-electron chi connectivity index (χ3n) is 1.80. The molecule has 1 aliphatic heterocycles. The summed E-state index contributed by atoms with van der Waals surface area (Å²) in [6.07, 6.45) is 1.77. The maximum Gasteiger partial charge on any atom is 0.125 e. The summed E-state index contributed by atoms with van der Waals surface area (Å²) in [5, 5.41) is 3.10. The van der Waals surface area contributed by atoms with Gasteiger partial charge in [-0.05, 0) is 18.2 Å². The molecule has 1 N–H and O–H groups in total. The van der Waals surface area contributed by atoms with Gasteiger partial charge in [-0.15, -0.1) is 0 Å². The van der Waals surface area contributed by atoms with Gasteiger partial charge in [0.25, 0.3) is 0 Å². The Hall–Kier alpha value is -1.38. The molecule has 0 unspecified atom stereocenters. The molecule has 3 heteroatoms. The Labute approximate surface area is 70.1 Å². The maximum atomic E-state index is 12.7. The van der Waals surface area contributed by atoms with Crippen LogP contribution in [0.15, 0.2) is 23.2 Å². The molecule has 0 radical (unpaired) electrons. The van der Waals surface area contributed by atoms with E-state index in [1.165, 1.54) is 12.1 Å². The van der Waals surface area contributed by atoms with E-state index in [0.717, 1.165) is 24.3 Å². The number of anilines is 1. The van der Waals surface area contributed by atoms with Crippen molar-refractivity contribution in [2.75, 3.05) is 18.4 Å². The van der Waals surface area contributed by atoms with Gasteiger partial charge >= 0.3 is 0 Å². The van der Waals surface area contributed by atoms with Crippen molar-refractivity contribution in [3.8, 4) is 0 Å². The fraction of sp³-hybridized carbons (Fsp3) is 0.222. The normalized spacial score (nSPS) is 14.8. The first kappa shape index (κ1) is 7.28. The van der Waals surface area contributed by atoms with Crippen LogP contribution in [0.4, 0.5) is 10.1 Å². The van der Waals surface area contributed by atoms with E-state index in [2.05, 4.69) is 10.3 Å². The van der Waals surface area contributed by atoms with E-state index in [4.69, 9.17) is 0 Å². The molecule has 0 spiro atoms. The van der Waals surface area contributed by atoms with E-state index in [0.29, 0.717) is 0 Å². The summed E-state index contributed by atoms with van der Waals surface area (Å²) in [7, 11) is 0. The van der Waals surface area contributed by atoms with Gasteiger partial charge in [0.1, 0.15) is 5.82 Å². The van der Waals surface area contributed by atoms with E-state index in [1.54, 1.807) is 12.3 Å². The molecule has 0 aliphatic carbocycles. The predicted octanol–water partition coefficient (Wildman–Crippen LogP) is 1.67. The minimum absolute atomic E-state index is 0.212. The lowest BCUT2D eigenvalue weighted by molar-refractivity contribution is 0.628. The molecule has 2 rings (SSSR count). The predicted molar refractivity (Wildman–Crippen MR) is 47.4 cm³/mol. The second-order valence-corrected chi connectivity index (χ2v) is 2.69. The summed E-state index contributed by atoms with van der Waals surface area (Å²) in [5.41, 5.74) is 1.78. The van der Waals surface area contributed by atoms with Crippen molar-refractivity contribution in [1.29, 1.82) is 0 Å². The molecule has 12 heavy (non-hydrogen) atoms. The van der Waals surface area contributed by atoms with Gasteiger partial charge in [0.2, 0.25) is 0 Å². The van der Waals surface area contributed by atoms with Crippen molar-refractivity contribution in [3.05, 3.63) is 29.6 Å². The third-order valence-corrected chi connectivity index (χ3v) is 1.80. The average molecular weight is 164 g/mol. The number of hydrogen-bond acceptors (Lipinski definition) is 2. The van der Waals surface area contributed by atoms with Gasteiger partial charge in [-0.2, -0.15) is 0 Å². The smallest absolute Gasteiger partial charge is 0.125 e. The largest absolute Gasteiger partial charge is 0.383 e. The Morgan fingerprint density at radius 2 is 2.33 bits per heavy atom. The highest BCUT2D eigenvalue weighted by Gasteiger charge is 2.03. The van der Waals surface area contributed by atoms with Crippen LogP contribution in [0.1, 0.15) is 5.56 Å². The molecule has 1 heterocycles. The quantitative estimate of drug-likeness (QED) is 0.619. The van der Waals surface area contributed by atoms with Crippen LogP contribution in [0.5, 0.6) is 0 Å². The van der Waals surface area contributed by atoms with Gasteiger partial charge in [-0.25, -0.2) is 4.39 Å². The highest BCUT2D eigenvalue weighted by Crippen LogP contribution is 2.16. The Balaban J connectivity index is 2.46. The van der Waals surface area contributed by atoms with Gasteiger partial charge in [-0.3, -0.25) is 4.99 Å². The second-order valence-electron chi connectivity index (χ2n) is 2.69. The zero-order valence-electron chi connectivity index (χ0n) is 6.55. The molecule has 0 fully saturated rings. The van der Waals surface area contributed by atoms with Crippen LogP contribution in [-0.4, -0.2) is 19.3 Å². The van der Waals surface area contributed by atoms with Crippen molar-refractivity contribution in [2.45, 2.75) is 0 Å². The summed E-state index contributed by atoms with van der Waals surface area (Å²) < 4.78 is 12.7. The lowest BCUT2D eigenvalue weighted by atomic mass is 10.2. The van der Waals surface area contributed by atoms with Crippen LogP contribution in [0.3, 0.4) is 0 Å². The fourth-order valence-electron chi connectivity index (χ4n) is 1.21. The van der Waals surface area contributed by atoms with Crippen molar-refractivity contribution < 1.29 is 4.39 Å². The van der Waals surface area contributed by atoms with Gasteiger partial charge in [0.15, 0.2) is 0 Å². The van der Waals surface area contributed by atoms with Crippen LogP contribution in [0.2, 0.25) is 0 Å². The minimum Gasteiger partial charge on any atom is -0.383 e. The molecule has 0 bridgehead atoms. The number of nitrogens with one attached hydrogen (secondary N) is 1. The Bertz CT molecular complexity index is 320. The summed E-state index contributed by atoms with van der Waals surface area (Å²) in [4.78, 5) is 4.13. The summed E-state index contributed by atoms with van der Waals surface area (Å²) >= 11 is 0. The molecule has 2 nitrogen and oxygen atoms in total. The average Bonchev–Trinajstić information content (AvgIpc) is 2.28. The standard InChI is InChI=1S/C9H9FN2/c10-8-2-1-7-6-11-3-4-12-9(7)5-8/h1-2,5-6,12H,3-4H2. The van der Waals surface area contributed by atoms with Crippen molar-refractivity contribution in [1.82, 2.24) is 0 Å². The summed E-state index contributed by atoms with van der Waals surface area (Å²) in [6.45, 7) is 1.52. The molecule has 0 saturated heterocycles. The van der Waals surface area contributed by atoms with E-state index < -0.39 is 0 Å². The number of benzene rings is 1. The van der Waals surface area contributed by atoms with Gasteiger partial charge in [-0.1, -0.05) is 0 Å². The van der Waals surface area contributed by atoms with Crippen LogP contribution in [0, 0.1) is 5.82 Å². The van der Waals surface area contributed by atoms with Crippen LogP contribution in [-0.2, 0) is 0 Å². The van der Waals surface area contributed by atoms with E-state index in [-0.39, 0.29) is 5.82 Å². The van der Waals surface area contributed by atoms with Crippen molar-refractivity contribution >= 4 is 11.9 Å². The number of aliphatic imine (C=N–C) groups is 1. The number of fused-ring (bicyclic) bond motifs is 1. The van der Waals surface area contributed by atoms with Crippen molar-refractivity contribution in [3.63, 3.8) is 0 Å². The van der Waals surface area contributed by atoms with Crippen LogP contribution < -0.4 is 5.32 Å².